The van der Waals surface area contributed by atoms with Crippen LogP contribution in [0.15, 0.2) is 41.8 Å². The standard InChI is InChI=1S/C18H23N3O3S/c1-3-20(4-2)16(18-9-6-10-25-18)12-19-13-17(22)14-7-5-8-15(11-14)21(23)24/h5-11,16,19H,3-4,12-13H2,1-2H3. The zero-order chi connectivity index (χ0) is 18.2. The Bertz CT molecular complexity index is 699. The van der Waals surface area contributed by atoms with E-state index in [0.717, 1.165) is 13.1 Å². The first kappa shape index (κ1) is 19.2. The van der Waals surface area contributed by atoms with Crippen molar-refractivity contribution in [3.8, 4) is 0 Å². The smallest absolute Gasteiger partial charge is 0.270 e. The second kappa shape index (κ2) is 9.41. The number of thiophene rings is 1. The first-order valence-corrected chi connectivity index (χ1v) is 9.20. The van der Waals surface area contributed by atoms with Gasteiger partial charge in [0.2, 0.25) is 0 Å². The normalized spacial score (nSPS) is 12.3. The quantitative estimate of drug-likeness (QED) is 0.398. The minimum Gasteiger partial charge on any atom is -0.308 e. The van der Waals surface area contributed by atoms with E-state index in [1.54, 1.807) is 17.4 Å². The van der Waals surface area contributed by atoms with Crippen molar-refractivity contribution in [2.45, 2.75) is 19.9 Å². The lowest BCUT2D eigenvalue weighted by Crippen LogP contribution is -2.37. The average molecular weight is 361 g/mol. The number of benzene rings is 1. The van der Waals surface area contributed by atoms with Crippen molar-refractivity contribution < 1.29 is 9.72 Å². The Labute approximate surface area is 151 Å². The molecule has 1 unspecified atom stereocenters. The molecule has 0 aliphatic carbocycles. The fourth-order valence-electron chi connectivity index (χ4n) is 2.77. The summed E-state index contributed by atoms with van der Waals surface area (Å²) in [6.45, 7) is 6.92. The first-order chi connectivity index (χ1) is 12.1. The molecular formula is C18H23N3O3S. The molecular weight excluding hydrogens is 338 g/mol. The van der Waals surface area contributed by atoms with Crippen molar-refractivity contribution >= 4 is 22.8 Å². The predicted molar refractivity (Wildman–Crippen MR) is 100 cm³/mol. The van der Waals surface area contributed by atoms with Crippen LogP contribution in [0, 0.1) is 10.1 Å². The Morgan fingerprint density at radius 3 is 2.64 bits per heavy atom. The molecule has 0 aliphatic heterocycles. The Kier molecular flexibility index (Phi) is 7.24. The molecule has 0 amide bonds. The van der Waals surface area contributed by atoms with Crippen LogP contribution in [0.3, 0.4) is 0 Å². The van der Waals surface area contributed by atoms with Crippen molar-refractivity contribution in [2.24, 2.45) is 0 Å². The van der Waals surface area contributed by atoms with E-state index in [1.165, 1.54) is 23.1 Å². The maximum Gasteiger partial charge on any atom is 0.270 e. The van der Waals surface area contributed by atoms with Gasteiger partial charge in [0, 0.05) is 29.1 Å². The third-order valence-corrected chi connectivity index (χ3v) is 5.10. The van der Waals surface area contributed by atoms with Gasteiger partial charge in [0.25, 0.3) is 5.69 Å². The van der Waals surface area contributed by atoms with Gasteiger partial charge in [-0.25, -0.2) is 0 Å². The van der Waals surface area contributed by atoms with Crippen LogP contribution in [-0.2, 0) is 0 Å². The lowest BCUT2D eigenvalue weighted by molar-refractivity contribution is -0.384. The SMILES string of the molecule is CCN(CC)C(CNCC(=O)c1cccc([N+](=O)[O-])c1)c1cccs1. The summed E-state index contributed by atoms with van der Waals surface area (Å²) < 4.78 is 0. The van der Waals surface area contributed by atoms with Crippen molar-refractivity contribution in [3.05, 3.63) is 62.3 Å². The zero-order valence-corrected chi connectivity index (χ0v) is 15.3. The number of rotatable bonds is 10. The predicted octanol–water partition coefficient (Wildman–Crippen LogP) is 3.51. The fourth-order valence-corrected chi connectivity index (χ4v) is 3.63. The second-order valence-electron chi connectivity index (χ2n) is 5.61. The lowest BCUT2D eigenvalue weighted by atomic mass is 10.1. The molecule has 0 bridgehead atoms. The Morgan fingerprint density at radius 2 is 2.04 bits per heavy atom. The Hall–Kier alpha value is -2.09. The van der Waals surface area contributed by atoms with E-state index in [0.29, 0.717) is 12.1 Å². The molecule has 0 radical (unpaired) electrons. The number of nitrogens with zero attached hydrogens (tertiary/aromatic N) is 2. The molecule has 0 aliphatic rings. The Morgan fingerprint density at radius 1 is 1.28 bits per heavy atom. The number of ketones is 1. The summed E-state index contributed by atoms with van der Waals surface area (Å²) >= 11 is 1.71. The van der Waals surface area contributed by atoms with E-state index >= 15 is 0 Å². The molecule has 0 saturated heterocycles. The van der Waals surface area contributed by atoms with Crippen molar-refractivity contribution in [3.63, 3.8) is 0 Å². The maximum absolute atomic E-state index is 12.3. The van der Waals surface area contributed by atoms with Gasteiger partial charge < -0.3 is 5.32 Å². The van der Waals surface area contributed by atoms with Gasteiger partial charge >= 0.3 is 0 Å². The summed E-state index contributed by atoms with van der Waals surface area (Å²) in [7, 11) is 0. The number of carbonyl (C=O) groups is 1. The van der Waals surface area contributed by atoms with Crippen LogP contribution in [0.4, 0.5) is 5.69 Å². The molecule has 7 heteroatoms. The highest BCUT2D eigenvalue weighted by Gasteiger charge is 2.19. The average Bonchev–Trinajstić information content (AvgIpc) is 3.15. The highest BCUT2D eigenvalue weighted by molar-refractivity contribution is 7.10. The first-order valence-electron chi connectivity index (χ1n) is 8.32. The van der Waals surface area contributed by atoms with Crippen LogP contribution in [0.1, 0.15) is 35.1 Å². The largest absolute Gasteiger partial charge is 0.308 e. The van der Waals surface area contributed by atoms with Crippen LogP contribution < -0.4 is 5.32 Å². The fraction of sp³-hybridized carbons (Fsp3) is 0.389. The minimum absolute atomic E-state index is 0.0644. The van der Waals surface area contributed by atoms with Crippen molar-refractivity contribution in [2.75, 3.05) is 26.2 Å². The number of nitro benzene ring substituents is 1. The molecule has 1 aromatic carbocycles. The molecule has 0 saturated carbocycles. The highest BCUT2D eigenvalue weighted by atomic mass is 32.1. The van der Waals surface area contributed by atoms with Crippen LogP contribution in [-0.4, -0.2) is 41.8 Å². The molecule has 134 valence electrons. The molecule has 25 heavy (non-hydrogen) atoms. The molecule has 1 atom stereocenters. The van der Waals surface area contributed by atoms with Crippen molar-refractivity contribution in [1.29, 1.82) is 0 Å². The molecule has 1 aromatic heterocycles. The second-order valence-corrected chi connectivity index (χ2v) is 6.59. The highest BCUT2D eigenvalue weighted by Crippen LogP contribution is 2.24. The van der Waals surface area contributed by atoms with Gasteiger partial charge in [-0.2, -0.15) is 0 Å². The number of hydrogen-bond acceptors (Lipinski definition) is 6. The number of hydrogen-bond donors (Lipinski definition) is 1. The third kappa shape index (κ3) is 5.19. The minimum atomic E-state index is -0.489. The van der Waals surface area contributed by atoms with Gasteiger partial charge in [-0.3, -0.25) is 19.8 Å². The summed E-state index contributed by atoms with van der Waals surface area (Å²) in [4.78, 5) is 26.2. The summed E-state index contributed by atoms with van der Waals surface area (Å²) in [5.41, 5.74) is 0.294. The van der Waals surface area contributed by atoms with E-state index in [-0.39, 0.29) is 24.1 Å². The zero-order valence-electron chi connectivity index (χ0n) is 14.5. The van der Waals surface area contributed by atoms with Gasteiger partial charge in [-0.05, 0) is 24.5 Å². The summed E-state index contributed by atoms with van der Waals surface area (Å²) in [5, 5.41) is 16.1. The Balaban J connectivity index is 1.98. The van der Waals surface area contributed by atoms with Crippen LogP contribution in [0.5, 0.6) is 0 Å². The van der Waals surface area contributed by atoms with E-state index in [4.69, 9.17) is 0 Å². The van der Waals surface area contributed by atoms with Gasteiger partial charge in [-0.15, -0.1) is 11.3 Å². The monoisotopic (exact) mass is 361 g/mol. The number of Topliss-reactive ketones (excluding diaryl/α,β-unsaturated/α-hetero) is 1. The van der Waals surface area contributed by atoms with E-state index < -0.39 is 4.92 Å². The van der Waals surface area contributed by atoms with Crippen LogP contribution in [0.2, 0.25) is 0 Å². The number of non-ortho nitro benzene ring substituents is 1. The molecule has 0 fully saturated rings. The molecule has 2 rings (SSSR count). The third-order valence-electron chi connectivity index (χ3n) is 4.13. The summed E-state index contributed by atoms with van der Waals surface area (Å²) in [6, 6.07) is 10.2. The molecule has 0 spiro atoms. The molecule has 1 N–H and O–H groups in total. The topological polar surface area (TPSA) is 75.5 Å². The van der Waals surface area contributed by atoms with Crippen molar-refractivity contribution in [1.82, 2.24) is 10.2 Å². The van der Waals surface area contributed by atoms with E-state index in [2.05, 4.69) is 35.5 Å². The van der Waals surface area contributed by atoms with Gasteiger partial charge in [0.15, 0.2) is 5.78 Å². The van der Waals surface area contributed by atoms with Gasteiger partial charge in [0.05, 0.1) is 17.5 Å². The molecule has 6 nitrogen and oxygen atoms in total. The van der Waals surface area contributed by atoms with Crippen LogP contribution >= 0.6 is 11.3 Å². The number of carbonyl (C=O) groups excluding carboxylic acids is 1. The lowest BCUT2D eigenvalue weighted by Gasteiger charge is -2.29. The number of likely N-dealkylation sites (N-methyl/N-ethyl adjacent to an activating group) is 1. The molecule has 2 aromatic rings. The maximum atomic E-state index is 12.3. The summed E-state index contributed by atoms with van der Waals surface area (Å²) in [6.07, 6.45) is 0. The van der Waals surface area contributed by atoms with Gasteiger partial charge in [-0.1, -0.05) is 32.0 Å². The van der Waals surface area contributed by atoms with E-state index in [1.807, 2.05) is 6.07 Å². The van der Waals surface area contributed by atoms with Gasteiger partial charge in [0.1, 0.15) is 0 Å². The van der Waals surface area contributed by atoms with E-state index in [9.17, 15) is 14.9 Å². The molecule has 1 heterocycles. The summed E-state index contributed by atoms with van der Waals surface area (Å²) in [5.74, 6) is -0.145. The number of nitro groups is 1. The van der Waals surface area contributed by atoms with Crippen LogP contribution in [0.25, 0.3) is 0 Å². The number of nitrogens with one attached hydrogen (secondary N) is 1.